The van der Waals surface area contributed by atoms with Crippen LogP contribution >= 0.6 is 0 Å². The second-order valence-electron chi connectivity index (χ2n) is 8.95. The van der Waals surface area contributed by atoms with Crippen LogP contribution in [0.4, 0.5) is 0 Å². The van der Waals surface area contributed by atoms with Gasteiger partial charge in [-0.15, -0.1) is 0 Å². The molecule has 0 bridgehead atoms. The van der Waals surface area contributed by atoms with Crippen molar-refractivity contribution in [1.29, 1.82) is 0 Å². The highest BCUT2D eigenvalue weighted by Crippen LogP contribution is 2.19. The van der Waals surface area contributed by atoms with Gasteiger partial charge in [-0.1, -0.05) is 30.3 Å². The molecule has 7 nitrogen and oxygen atoms in total. The monoisotopic (exact) mass is 400 g/mol. The summed E-state index contributed by atoms with van der Waals surface area (Å²) in [5.41, 5.74) is 0.818. The molecular formula is C22H32N4O3. The molecule has 3 rings (SSSR count). The Labute approximate surface area is 173 Å². The summed E-state index contributed by atoms with van der Waals surface area (Å²) in [4.78, 5) is 42.8. The normalized spacial score (nSPS) is 17.7. The van der Waals surface area contributed by atoms with Crippen molar-refractivity contribution in [2.75, 3.05) is 32.7 Å². The van der Waals surface area contributed by atoms with Crippen molar-refractivity contribution in [2.24, 2.45) is 0 Å². The molecule has 0 unspecified atom stereocenters. The number of carbonyl (C=O) groups excluding carboxylic acids is 3. The first-order valence-electron chi connectivity index (χ1n) is 10.4. The summed E-state index contributed by atoms with van der Waals surface area (Å²) < 4.78 is 0. The van der Waals surface area contributed by atoms with E-state index in [2.05, 4.69) is 10.2 Å². The fourth-order valence-electron chi connectivity index (χ4n) is 3.47. The van der Waals surface area contributed by atoms with E-state index in [-0.39, 0.29) is 17.5 Å². The number of carbonyl (C=O) groups is 3. The first-order valence-corrected chi connectivity index (χ1v) is 10.4. The van der Waals surface area contributed by atoms with Crippen molar-refractivity contribution < 1.29 is 14.4 Å². The van der Waals surface area contributed by atoms with Crippen molar-refractivity contribution in [3.05, 3.63) is 35.9 Å². The van der Waals surface area contributed by atoms with Gasteiger partial charge in [0, 0.05) is 44.3 Å². The molecule has 1 saturated heterocycles. The Bertz CT molecular complexity index is 732. The summed E-state index contributed by atoms with van der Waals surface area (Å²) in [5.74, 6) is -0.880. The average Bonchev–Trinajstić information content (AvgIpc) is 3.50. The predicted octanol–water partition coefficient (Wildman–Crippen LogP) is 1.24. The van der Waals surface area contributed by atoms with Gasteiger partial charge in [0.05, 0.1) is 6.54 Å². The standard InChI is InChI=1S/C22H32N4O3/c1-22(2,3)26(15-17-7-5-4-6-8-17)19(27)16-24-11-13-25(14-12-24)21(29)20(28)23-18-9-10-18/h4-8,18H,9-16H2,1-3H3,(H,23,28). The Morgan fingerprint density at radius 3 is 2.21 bits per heavy atom. The van der Waals surface area contributed by atoms with Gasteiger partial charge >= 0.3 is 11.8 Å². The van der Waals surface area contributed by atoms with E-state index in [4.69, 9.17) is 0 Å². The lowest BCUT2D eigenvalue weighted by atomic mass is 10.0. The van der Waals surface area contributed by atoms with E-state index in [1.165, 1.54) is 0 Å². The molecule has 1 saturated carbocycles. The molecule has 1 aliphatic carbocycles. The van der Waals surface area contributed by atoms with Crippen LogP contribution in [-0.2, 0) is 20.9 Å². The number of hydrogen-bond donors (Lipinski definition) is 1. The van der Waals surface area contributed by atoms with Crippen LogP contribution in [0, 0.1) is 0 Å². The summed E-state index contributed by atoms with van der Waals surface area (Å²) >= 11 is 0. The zero-order chi connectivity index (χ0) is 21.0. The number of nitrogens with zero attached hydrogens (tertiary/aromatic N) is 3. The maximum Gasteiger partial charge on any atom is 0.311 e. The lowest BCUT2D eigenvalue weighted by Crippen LogP contribution is -2.55. The van der Waals surface area contributed by atoms with Crippen LogP contribution in [0.5, 0.6) is 0 Å². The minimum absolute atomic E-state index is 0.0765. The summed E-state index contributed by atoms with van der Waals surface area (Å²) in [6.45, 7) is 9.16. The molecule has 0 aromatic heterocycles. The second-order valence-corrected chi connectivity index (χ2v) is 8.95. The Kier molecular flexibility index (Phi) is 6.57. The van der Waals surface area contributed by atoms with Crippen LogP contribution in [0.15, 0.2) is 30.3 Å². The smallest absolute Gasteiger partial charge is 0.311 e. The van der Waals surface area contributed by atoms with E-state index in [9.17, 15) is 14.4 Å². The van der Waals surface area contributed by atoms with Crippen molar-refractivity contribution >= 4 is 17.7 Å². The van der Waals surface area contributed by atoms with Gasteiger partial charge in [-0.3, -0.25) is 19.3 Å². The molecule has 1 N–H and O–H groups in total. The molecule has 1 aromatic rings. The van der Waals surface area contributed by atoms with Gasteiger partial charge in [0.15, 0.2) is 0 Å². The maximum absolute atomic E-state index is 13.1. The van der Waals surface area contributed by atoms with Crippen LogP contribution in [0.3, 0.4) is 0 Å². The van der Waals surface area contributed by atoms with Gasteiger partial charge in [0.25, 0.3) is 0 Å². The zero-order valence-corrected chi connectivity index (χ0v) is 17.7. The molecular weight excluding hydrogens is 368 g/mol. The van der Waals surface area contributed by atoms with Crippen molar-refractivity contribution in [2.45, 2.75) is 51.7 Å². The third-order valence-electron chi connectivity index (χ3n) is 5.42. The SMILES string of the molecule is CC(C)(C)N(Cc1ccccc1)C(=O)CN1CCN(C(=O)C(=O)NC2CC2)CC1. The molecule has 158 valence electrons. The first-order chi connectivity index (χ1) is 13.7. The predicted molar refractivity (Wildman–Crippen MR) is 111 cm³/mol. The molecule has 1 heterocycles. The third kappa shape index (κ3) is 6.03. The van der Waals surface area contributed by atoms with Crippen molar-refractivity contribution in [3.8, 4) is 0 Å². The molecule has 7 heteroatoms. The molecule has 3 amide bonds. The van der Waals surface area contributed by atoms with Gasteiger partial charge in [-0.25, -0.2) is 0 Å². The van der Waals surface area contributed by atoms with Crippen LogP contribution in [0.25, 0.3) is 0 Å². The number of benzene rings is 1. The minimum Gasteiger partial charge on any atom is -0.345 e. The van der Waals surface area contributed by atoms with Crippen LogP contribution in [0.1, 0.15) is 39.2 Å². The van der Waals surface area contributed by atoms with E-state index >= 15 is 0 Å². The van der Waals surface area contributed by atoms with Gasteiger partial charge in [-0.05, 0) is 39.2 Å². The maximum atomic E-state index is 13.1. The van der Waals surface area contributed by atoms with Gasteiger partial charge < -0.3 is 15.1 Å². The number of rotatable bonds is 5. The molecule has 0 atom stereocenters. The van der Waals surface area contributed by atoms with Crippen molar-refractivity contribution in [1.82, 2.24) is 20.0 Å². The molecule has 0 spiro atoms. The molecule has 2 fully saturated rings. The summed E-state index contributed by atoms with van der Waals surface area (Å²) in [5, 5.41) is 2.74. The fourth-order valence-corrected chi connectivity index (χ4v) is 3.47. The summed E-state index contributed by atoms with van der Waals surface area (Å²) in [6.07, 6.45) is 1.92. The lowest BCUT2D eigenvalue weighted by Gasteiger charge is -2.39. The topological polar surface area (TPSA) is 73.0 Å². The fraction of sp³-hybridized carbons (Fsp3) is 0.591. The van der Waals surface area contributed by atoms with Crippen LogP contribution in [0.2, 0.25) is 0 Å². The van der Waals surface area contributed by atoms with Gasteiger partial charge in [0.2, 0.25) is 5.91 Å². The highest BCUT2D eigenvalue weighted by atomic mass is 16.2. The number of hydrogen-bond acceptors (Lipinski definition) is 4. The molecule has 1 aromatic carbocycles. The van der Waals surface area contributed by atoms with E-state index in [0.29, 0.717) is 39.3 Å². The molecule has 29 heavy (non-hydrogen) atoms. The van der Waals surface area contributed by atoms with Crippen molar-refractivity contribution in [3.63, 3.8) is 0 Å². The molecule has 0 radical (unpaired) electrons. The quantitative estimate of drug-likeness (QED) is 0.755. The highest BCUT2D eigenvalue weighted by molar-refractivity contribution is 6.35. The summed E-state index contributed by atoms with van der Waals surface area (Å²) in [7, 11) is 0. The second kappa shape index (κ2) is 8.95. The van der Waals surface area contributed by atoms with Gasteiger partial charge in [0.1, 0.15) is 0 Å². The van der Waals surface area contributed by atoms with E-state index < -0.39 is 11.8 Å². The van der Waals surface area contributed by atoms with Crippen LogP contribution < -0.4 is 5.32 Å². The van der Waals surface area contributed by atoms with E-state index in [1.807, 2.05) is 56.0 Å². The lowest BCUT2D eigenvalue weighted by molar-refractivity contribution is -0.147. The Morgan fingerprint density at radius 2 is 1.66 bits per heavy atom. The number of piperazine rings is 1. The van der Waals surface area contributed by atoms with Crippen LogP contribution in [-0.4, -0.2) is 76.7 Å². The van der Waals surface area contributed by atoms with Gasteiger partial charge in [-0.2, -0.15) is 0 Å². The first kappa shape index (κ1) is 21.3. The van der Waals surface area contributed by atoms with E-state index in [1.54, 1.807) is 4.90 Å². The average molecular weight is 401 g/mol. The van der Waals surface area contributed by atoms with E-state index in [0.717, 1.165) is 18.4 Å². The third-order valence-corrected chi connectivity index (χ3v) is 5.42. The number of nitrogens with one attached hydrogen (secondary N) is 1. The Morgan fingerprint density at radius 1 is 1.03 bits per heavy atom. The minimum atomic E-state index is -0.501. The zero-order valence-electron chi connectivity index (χ0n) is 17.7. The highest BCUT2D eigenvalue weighted by Gasteiger charge is 2.32. The Hall–Kier alpha value is -2.41. The number of amides is 3. The molecule has 2 aliphatic rings. The molecule has 1 aliphatic heterocycles. The largest absolute Gasteiger partial charge is 0.345 e. The Balaban J connectivity index is 1.51. The summed E-state index contributed by atoms with van der Waals surface area (Å²) in [6, 6.07) is 10.2.